The van der Waals surface area contributed by atoms with Crippen molar-refractivity contribution >= 4 is 10.0 Å². The maximum atomic E-state index is 12.0. The van der Waals surface area contributed by atoms with Crippen LogP contribution < -0.4 is 4.72 Å². The molecule has 1 aliphatic carbocycles. The zero-order valence-electron chi connectivity index (χ0n) is 11.2. The monoisotopic (exact) mass is 290 g/mol. The average molecular weight is 290 g/mol. The van der Waals surface area contributed by atoms with Crippen molar-refractivity contribution < 1.29 is 8.42 Å². The summed E-state index contributed by atoms with van der Waals surface area (Å²) in [5.41, 5.74) is 1.12. The molecule has 1 N–H and O–H groups in total. The van der Waals surface area contributed by atoms with Crippen molar-refractivity contribution in [1.82, 2.24) is 4.72 Å². The molecule has 0 amide bonds. The second-order valence-corrected chi connectivity index (χ2v) is 6.88. The van der Waals surface area contributed by atoms with Crippen molar-refractivity contribution in [2.24, 2.45) is 5.92 Å². The Hall–Kier alpha value is -1.64. The summed E-state index contributed by atoms with van der Waals surface area (Å²) in [6.07, 6.45) is 7.24. The zero-order valence-corrected chi connectivity index (χ0v) is 12.1. The van der Waals surface area contributed by atoms with Gasteiger partial charge in [-0.25, -0.2) is 13.1 Å². The molecule has 1 atom stereocenters. The molecule has 0 radical (unpaired) electrons. The summed E-state index contributed by atoms with van der Waals surface area (Å²) in [6, 6.07) is 8.72. The van der Waals surface area contributed by atoms with Gasteiger partial charge < -0.3 is 0 Å². The molecule has 1 aliphatic rings. The Bertz CT molecular complexity index is 630. The molecule has 0 unspecified atom stereocenters. The molecule has 0 bridgehead atoms. The molecular formula is C15H18N2O2S. The molecule has 0 saturated carbocycles. The van der Waals surface area contributed by atoms with Gasteiger partial charge in [-0.15, -0.1) is 0 Å². The Balaban J connectivity index is 1.93. The van der Waals surface area contributed by atoms with Crippen LogP contribution in [0.1, 0.15) is 30.4 Å². The van der Waals surface area contributed by atoms with E-state index in [9.17, 15) is 8.42 Å². The van der Waals surface area contributed by atoms with Crippen LogP contribution in [0.15, 0.2) is 36.4 Å². The molecule has 2 rings (SSSR count). The summed E-state index contributed by atoms with van der Waals surface area (Å²) in [7, 11) is -3.34. The molecule has 1 aromatic rings. The van der Waals surface area contributed by atoms with Crippen LogP contribution in [0.5, 0.6) is 0 Å². The van der Waals surface area contributed by atoms with Gasteiger partial charge in [-0.05, 0) is 42.9 Å². The van der Waals surface area contributed by atoms with E-state index in [2.05, 4.69) is 16.9 Å². The smallest absolute Gasteiger partial charge is 0.215 e. The normalized spacial score (nSPS) is 18.6. The molecule has 0 saturated heterocycles. The Morgan fingerprint density at radius 1 is 1.35 bits per heavy atom. The fourth-order valence-electron chi connectivity index (χ4n) is 2.29. The predicted molar refractivity (Wildman–Crippen MR) is 78.3 cm³/mol. The van der Waals surface area contributed by atoms with Gasteiger partial charge in [-0.3, -0.25) is 0 Å². The summed E-state index contributed by atoms with van der Waals surface area (Å²) in [4.78, 5) is 0. The van der Waals surface area contributed by atoms with Crippen LogP contribution >= 0.6 is 0 Å². The van der Waals surface area contributed by atoms with Crippen LogP contribution in [0.25, 0.3) is 0 Å². The van der Waals surface area contributed by atoms with E-state index < -0.39 is 10.0 Å². The number of rotatable bonds is 5. The van der Waals surface area contributed by atoms with Crippen molar-refractivity contribution in [1.29, 1.82) is 5.26 Å². The van der Waals surface area contributed by atoms with Crippen LogP contribution in [0.2, 0.25) is 0 Å². The molecule has 4 nitrogen and oxygen atoms in total. The van der Waals surface area contributed by atoms with Gasteiger partial charge in [0.15, 0.2) is 0 Å². The largest absolute Gasteiger partial charge is 0.215 e. The van der Waals surface area contributed by atoms with Gasteiger partial charge in [0.25, 0.3) is 0 Å². The number of benzene rings is 1. The molecule has 106 valence electrons. The minimum absolute atomic E-state index is 0.0783. The lowest BCUT2D eigenvalue weighted by Gasteiger charge is -2.18. The molecule has 0 aromatic heterocycles. The third kappa shape index (κ3) is 4.48. The summed E-state index contributed by atoms with van der Waals surface area (Å²) < 4.78 is 26.7. The number of hydrogen-bond acceptors (Lipinski definition) is 3. The van der Waals surface area contributed by atoms with E-state index in [0.717, 1.165) is 19.3 Å². The number of sulfonamides is 1. The highest BCUT2D eigenvalue weighted by molar-refractivity contribution is 7.88. The molecular weight excluding hydrogens is 272 g/mol. The number of allylic oxidation sites excluding steroid dienone is 2. The Labute approximate surface area is 120 Å². The summed E-state index contributed by atoms with van der Waals surface area (Å²) >= 11 is 0. The van der Waals surface area contributed by atoms with Gasteiger partial charge >= 0.3 is 0 Å². The second-order valence-electron chi connectivity index (χ2n) is 5.07. The van der Waals surface area contributed by atoms with Crippen molar-refractivity contribution in [2.45, 2.75) is 25.0 Å². The molecule has 20 heavy (non-hydrogen) atoms. The quantitative estimate of drug-likeness (QED) is 0.846. The van der Waals surface area contributed by atoms with E-state index in [1.807, 2.05) is 6.07 Å². The molecule has 0 spiro atoms. The molecule has 1 aromatic carbocycles. The fourth-order valence-corrected chi connectivity index (χ4v) is 3.50. The third-order valence-electron chi connectivity index (χ3n) is 3.38. The Morgan fingerprint density at radius 3 is 2.90 bits per heavy atom. The lowest BCUT2D eigenvalue weighted by Crippen LogP contribution is -2.30. The molecule has 5 heteroatoms. The van der Waals surface area contributed by atoms with Gasteiger partial charge in [0.05, 0.1) is 17.4 Å². The van der Waals surface area contributed by atoms with E-state index >= 15 is 0 Å². The topological polar surface area (TPSA) is 70.0 Å². The first-order chi connectivity index (χ1) is 9.59. The number of nitriles is 1. The third-order valence-corrected chi connectivity index (χ3v) is 4.70. The Kier molecular flexibility index (Phi) is 4.94. The lowest BCUT2D eigenvalue weighted by atomic mass is 9.95. The Morgan fingerprint density at radius 2 is 2.20 bits per heavy atom. The van der Waals surface area contributed by atoms with E-state index in [1.54, 1.807) is 24.3 Å². The first-order valence-electron chi connectivity index (χ1n) is 6.70. The van der Waals surface area contributed by atoms with Crippen molar-refractivity contribution in [3.8, 4) is 6.07 Å². The van der Waals surface area contributed by atoms with E-state index in [1.165, 1.54) is 0 Å². The average Bonchev–Trinajstić information content (AvgIpc) is 2.46. The van der Waals surface area contributed by atoms with Gasteiger partial charge in [-0.1, -0.05) is 24.3 Å². The minimum Gasteiger partial charge on any atom is -0.215 e. The standard InChI is InChI=1S/C15H18N2O2S/c16-10-14-7-4-8-15(9-14)12-20(18,19)17-11-13-5-2-1-3-6-13/h1-2,4,7-9,13,17H,3,5-6,11-12H2/t13-/m1/s1. The lowest BCUT2D eigenvalue weighted by molar-refractivity contribution is 0.468. The highest BCUT2D eigenvalue weighted by Crippen LogP contribution is 2.17. The van der Waals surface area contributed by atoms with Crippen molar-refractivity contribution in [3.05, 3.63) is 47.5 Å². The number of nitrogens with zero attached hydrogens (tertiary/aromatic N) is 1. The maximum Gasteiger partial charge on any atom is 0.215 e. The zero-order chi connectivity index (χ0) is 14.4. The molecule has 0 fully saturated rings. The van der Waals surface area contributed by atoms with Crippen LogP contribution in [0.3, 0.4) is 0 Å². The van der Waals surface area contributed by atoms with E-state index in [4.69, 9.17) is 5.26 Å². The molecule has 0 aliphatic heterocycles. The van der Waals surface area contributed by atoms with Crippen LogP contribution in [-0.2, 0) is 15.8 Å². The number of nitrogens with one attached hydrogen (secondary N) is 1. The first kappa shape index (κ1) is 14.8. The minimum atomic E-state index is -3.34. The second kappa shape index (κ2) is 6.69. The predicted octanol–water partition coefficient (Wildman–Crippen LogP) is 2.33. The fraction of sp³-hybridized carbons (Fsp3) is 0.400. The summed E-state index contributed by atoms with van der Waals surface area (Å²) in [5.74, 6) is 0.311. The highest BCUT2D eigenvalue weighted by atomic mass is 32.2. The van der Waals surface area contributed by atoms with Crippen molar-refractivity contribution in [3.63, 3.8) is 0 Å². The maximum absolute atomic E-state index is 12.0. The van der Waals surface area contributed by atoms with E-state index in [0.29, 0.717) is 23.6 Å². The first-order valence-corrected chi connectivity index (χ1v) is 8.36. The SMILES string of the molecule is N#Cc1cccc(CS(=O)(=O)NC[C@@H]2CC=CCC2)c1. The van der Waals surface area contributed by atoms with Crippen LogP contribution in [-0.4, -0.2) is 15.0 Å². The van der Waals surface area contributed by atoms with Crippen molar-refractivity contribution in [2.75, 3.05) is 6.54 Å². The highest BCUT2D eigenvalue weighted by Gasteiger charge is 2.16. The van der Waals surface area contributed by atoms with Gasteiger partial charge in [0.1, 0.15) is 0 Å². The summed E-state index contributed by atoms with van der Waals surface area (Å²) in [5, 5.41) is 8.81. The van der Waals surface area contributed by atoms with Gasteiger partial charge in [0.2, 0.25) is 10.0 Å². The van der Waals surface area contributed by atoms with Gasteiger partial charge in [-0.2, -0.15) is 5.26 Å². The summed E-state index contributed by atoms with van der Waals surface area (Å²) in [6.45, 7) is 0.491. The van der Waals surface area contributed by atoms with Crippen LogP contribution in [0.4, 0.5) is 0 Å². The van der Waals surface area contributed by atoms with Crippen LogP contribution in [0, 0.1) is 17.2 Å². The molecule has 0 heterocycles. The number of hydrogen-bond donors (Lipinski definition) is 1. The van der Waals surface area contributed by atoms with E-state index in [-0.39, 0.29) is 5.75 Å². The van der Waals surface area contributed by atoms with Gasteiger partial charge in [0, 0.05) is 6.54 Å².